The zero-order valence-electron chi connectivity index (χ0n) is 18.4. The Morgan fingerprint density at radius 1 is 1.27 bits per heavy atom. The van der Waals surface area contributed by atoms with Crippen LogP contribution in [-0.4, -0.2) is 18.5 Å². The van der Waals surface area contributed by atoms with Crippen LogP contribution in [0.1, 0.15) is 55.4 Å². The van der Waals surface area contributed by atoms with Crippen LogP contribution in [0.5, 0.6) is 0 Å². The lowest BCUT2D eigenvalue weighted by Crippen LogP contribution is -2.45. The molecule has 2 aromatic rings. The maximum absolute atomic E-state index is 12.7. The molecule has 1 N–H and O–H groups in total. The second-order valence-electron chi connectivity index (χ2n) is 8.83. The summed E-state index contributed by atoms with van der Waals surface area (Å²) in [6.07, 6.45) is 2.59. The number of nitrogens with one attached hydrogen (secondary N) is 1. The largest absolute Gasteiger partial charge is 0.369 e. The van der Waals surface area contributed by atoms with Gasteiger partial charge in [0.2, 0.25) is 0 Å². The van der Waals surface area contributed by atoms with Crippen LogP contribution in [0, 0.1) is 25.2 Å². The minimum absolute atomic E-state index is 0.0206. The Hall–Kier alpha value is -2.77. The van der Waals surface area contributed by atoms with Crippen molar-refractivity contribution in [3.8, 4) is 6.07 Å². The van der Waals surface area contributed by atoms with Crippen molar-refractivity contribution in [2.45, 2.75) is 52.5 Å². The summed E-state index contributed by atoms with van der Waals surface area (Å²) in [6, 6.07) is 11.6. The van der Waals surface area contributed by atoms with Crippen molar-refractivity contribution in [1.29, 1.82) is 5.26 Å². The molecule has 0 radical (unpaired) electrons. The summed E-state index contributed by atoms with van der Waals surface area (Å²) < 4.78 is 0. The van der Waals surface area contributed by atoms with Gasteiger partial charge < -0.3 is 10.2 Å². The number of hydrogen-bond acceptors (Lipinski definition) is 3. The van der Waals surface area contributed by atoms with Crippen molar-refractivity contribution < 1.29 is 4.79 Å². The van der Waals surface area contributed by atoms with Crippen LogP contribution in [-0.2, 0) is 4.79 Å². The molecule has 0 unspecified atom stereocenters. The Morgan fingerprint density at radius 3 is 2.60 bits per heavy atom. The Kier molecular flexibility index (Phi) is 5.97. The Balaban J connectivity index is 1.94. The Bertz CT molecular complexity index is 1080. The lowest BCUT2D eigenvalue weighted by molar-refractivity contribution is -0.112. The number of carbonyl (C=O) groups is 1. The van der Waals surface area contributed by atoms with Crippen molar-refractivity contribution >= 4 is 35.0 Å². The number of carbonyl (C=O) groups excluding carboxylic acids is 1. The molecule has 0 saturated carbocycles. The van der Waals surface area contributed by atoms with Crippen molar-refractivity contribution in [2.75, 3.05) is 17.3 Å². The lowest BCUT2D eigenvalue weighted by atomic mass is 9.80. The number of hydrogen-bond donors (Lipinski definition) is 1. The number of anilines is 2. The van der Waals surface area contributed by atoms with Gasteiger partial charge in [-0.15, -0.1) is 0 Å². The molecule has 0 bridgehead atoms. The van der Waals surface area contributed by atoms with Crippen LogP contribution in [0.2, 0.25) is 5.02 Å². The fourth-order valence-corrected chi connectivity index (χ4v) is 4.25. The molecule has 0 spiro atoms. The SMILES string of the molecule is Cc1ccc(NC(=O)/C(C#N)=C\c2cc3c(cc2Cl)N(C)C(C)(C)C[C@@H]3C)cc1C. The highest BCUT2D eigenvalue weighted by Crippen LogP contribution is 2.44. The van der Waals surface area contributed by atoms with E-state index in [1.165, 1.54) is 5.56 Å². The minimum Gasteiger partial charge on any atom is -0.369 e. The van der Waals surface area contributed by atoms with Gasteiger partial charge in [-0.2, -0.15) is 5.26 Å². The molecule has 0 saturated heterocycles. The molecule has 0 fully saturated rings. The number of benzene rings is 2. The molecule has 3 rings (SSSR count). The zero-order valence-corrected chi connectivity index (χ0v) is 19.2. The molecule has 4 nitrogen and oxygen atoms in total. The summed E-state index contributed by atoms with van der Waals surface area (Å²) in [7, 11) is 2.08. The first-order valence-electron chi connectivity index (χ1n) is 10.1. The fraction of sp³-hybridized carbons (Fsp3) is 0.360. The molecular weight excluding hydrogens is 394 g/mol. The number of amides is 1. The number of nitrogens with zero attached hydrogens (tertiary/aromatic N) is 2. The highest BCUT2D eigenvalue weighted by molar-refractivity contribution is 6.32. The van der Waals surface area contributed by atoms with Gasteiger partial charge in [-0.05, 0) is 92.6 Å². The molecule has 1 aliphatic heterocycles. The van der Waals surface area contributed by atoms with E-state index in [9.17, 15) is 10.1 Å². The summed E-state index contributed by atoms with van der Waals surface area (Å²) in [5.41, 5.74) is 5.91. The normalized spacial score (nSPS) is 17.9. The molecule has 2 aromatic carbocycles. The van der Waals surface area contributed by atoms with E-state index in [-0.39, 0.29) is 11.1 Å². The third-order valence-electron chi connectivity index (χ3n) is 6.18. The Labute approximate surface area is 184 Å². The first-order chi connectivity index (χ1) is 14.0. The van der Waals surface area contributed by atoms with Gasteiger partial charge in [0.15, 0.2) is 0 Å². The predicted molar refractivity (Wildman–Crippen MR) is 125 cm³/mol. The smallest absolute Gasteiger partial charge is 0.266 e. The number of halogens is 1. The van der Waals surface area contributed by atoms with E-state index < -0.39 is 5.91 Å². The van der Waals surface area contributed by atoms with Gasteiger partial charge >= 0.3 is 0 Å². The van der Waals surface area contributed by atoms with Gasteiger partial charge in [-0.1, -0.05) is 24.6 Å². The van der Waals surface area contributed by atoms with E-state index in [1.807, 2.05) is 50.2 Å². The van der Waals surface area contributed by atoms with E-state index in [0.717, 1.165) is 23.2 Å². The number of aryl methyl sites for hydroxylation is 2. The molecule has 1 heterocycles. The molecule has 156 valence electrons. The first kappa shape index (κ1) is 21.9. The van der Waals surface area contributed by atoms with Crippen molar-refractivity contribution in [3.05, 3.63) is 63.2 Å². The Morgan fingerprint density at radius 2 is 1.97 bits per heavy atom. The summed E-state index contributed by atoms with van der Waals surface area (Å²) in [4.78, 5) is 14.9. The second-order valence-corrected chi connectivity index (χ2v) is 9.24. The summed E-state index contributed by atoms with van der Waals surface area (Å²) in [5, 5.41) is 12.9. The molecule has 5 heteroatoms. The van der Waals surface area contributed by atoms with E-state index in [2.05, 4.69) is 38.0 Å². The van der Waals surface area contributed by atoms with Gasteiger partial charge in [-0.3, -0.25) is 4.79 Å². The third kappa shape index (κ3) is 4.22. The average Bonchev–Trinajstić information content (AvgIpc) is 2.67. The summed E-state index contributed by atoms with van der Waals surface area (Å²) >= 11 is 6.56. The molecule has 1 atom stereocenters. The van der Waals surface area contributed by atoms with Crippen molar-refractivity contribution in [1.82, 2.24) is 0 Å². The van der Waals surface area contributed by atoms with Gasteiger partial charge in [0.05, 0.1) is 0 Å². The second kappa shape index (κ2) is 8.16. The first-order valence-corrected chi connectivity index (χ1v) is 10.5. The summed E-state index contributed by atoms with van der Waals surface area (Å²) in [5.74, 6) is -0.0913. The molecule has 0 aromatic heterocycles. The van der Waals surface area contributed by atoms with Crippen molar-refractivity contribution in [3.63, 3.8) is 0 Å². The quantitative estimate of drug-likeness (QED) is 0.472. The third-order valence-corrected chi connectivity index (χ3v) is 6.51. The zero-order chi connectivity index (χ0) is 22.2. The van der Waals surface area contributed by atoms with Crippen LogP contribution < -0.4 is 10.2 Å². The van der Waals surface area contributed by atoms with Gasteiger partial charge in [0.25, 0.3) is 5.91 Å². The molecule has 1 aliphatic rings. The van der Waals surface area contributed by atoms with Gasteiger partial charge in [0.1, 0.15) is 11.6 Å². The highest BCUT2D eigenvalue weighted by atomic mass is 35.5. The topological polar surface area (TPSA) is 56.1 Å². The summed E-state index contributed by atoms with van der Waals surface area (Å²) in [6.45, 7) is 10.6. The number of rotatable bonds is 3. The van der Waals surface area contributed by atoms with E-state index in [1.54, 1.807) is 6.08 Å². The molecule has 0 aliphatic carbocycles. The van der Waals surface area contributed by atoms with Gasteiger partial charge in [0, 0.05) is 29.0 Å². The number of nitriles is 1. The van der Waals surface area contributed by atoms with Crippen LogP contribution in [0.3, 0.4) is 0 Å². The average molecular weight is 422 g/mol. The van der Waals surface area contributed by atoms with E-state index >= 15 is 0 Å². The molecular formula is C25H28ClN3O. The van der Waals surface area contributed by atoms with Crippen LogP contribution in [0.25, 0.3) is 6.08 Å². The maximum Gasteiger partial charge on any atom is 0.266 e. The highest BCUT2D eigenvalue weighted by Gasteiger charge is 2.34. The molecule has 1 amide bonds. The van der Waals surface area contributed by atoms with Crippen LogP contribution in [0.15, 0.2) is 35.9 Å². The van der Waals surface area contributed by atoms with Gasteiger partial charge in [-0.25, -0.2) is 0 Å². The van der Waals surface area contributed by atoms with Crippen LogP contribution in [0.4, 0.5) is 11.4 Å². The lowest BCUT2D eigenvalue weighted by Gasteiger charge is -2.45. The van der Waals surface area contributed by atoms with E-state index in [4.69, 9.17) is 11.6 Å². The maximum atomic E-state index is 12.7. The monoisotopic (exact) mass is 421 g/mol. The van der Waals surface area contributed by atoms with Crippen LogP contribution >= 0.6 is 11.6 Å². The standard InChI is InChI=1S/C25H28ClN3O/c1-15-7-8-20(9-16(15)2)28-24(30)19(14-27)10-18-11-21-17(3)13-25(4,5)29(6)23(21)12-22(18)26/h7-12,17H,13H2,1-6H3,(H,28,30)/b19-10-/t17-/m0/s1. The number of fused-ring (bicyclic) bond motifs is 1. The molecule has 30 heavy (non-hydrogen) atoms. The van der Waals surface area contributed by atoms with E-state index in [0.29, 0.717) is 22.2 Å². The minimum atomic E-state index is -0.444. The van der Waals surface area contributed by atoms with Crippen molar-refractivity contribution in [2.24, 2.45) is 0 Å². The fourth-order valence-electron chi connectivity index (χ4n) is 4.04. The predicted octanol–water partition coefficient (Wildman–Crippen LogP) is 6.22.